The first-order chi connectivity index (χ1) is 8.43. The number of nitrogens with one attached hydrogen (secondary N) is 1. The maximum absolute atomic E-state index is 3.79. The fraction of sp³-hybridized carbons (Fsp3) is 1.00. The van der Waals surface area contributed by atoms with Crippen molar-refractivity contribution >= 4 is 11.8 Å². The quantitative estimate of drug-likeness (QED) is 0.727. The van der Waals surface area contributed by atoms with Gasteiger partial charge in [-0.15, -0.1) is 0 Å². The first-order valence-corrected chi connectivity index (χ1v) is 8.98. The zero-order chi connectivity index (χ0) is 13.6. The lowest BCUT2D eigenvalue weighted by Gasteiger charge is -2.29. The van der Waals surface area contributed by atoms with Crippen molar-refractivity contribution in [2.24, 2.45) is 11.3 Å². The van der Waals surface area contributed by atoms with Crippen molar-refractivity contribution in [3.8, 4) is 0 Å². The second-order valence-electron chi connectivity index (χ2n) is 7.06. The smallest absolute Gasteiger partial charge is 0.00671 e. The molecule has 0 heterocycles. The van der Waals surface area contributed by atoms with Crippen LogP contribution >= 0.6 is 11.8 Å². The van der Waals surface area contributed by atoms with Crippen LogP contribution < -0.4 is 5.32 Å². The fourth-order valence-corrected chi connectivity index (χ4v) is 3.33. The number of hydrogen-bond acceptors (Lipinski definition) is 2. The van der Waals surface area contributed by atoms with Crippen LogP contribution in [0.4, 0.5) is 0 Å². The number of thioether (sulfide) groups is 1. The molecular weight excluding hydrogens is 238 g/mol. The molecule has 1 fully saturated rings. The molecule has 2 heteroatoms. The zero-order valence-corrected chi connectivity index (χ0v) is 13.9. The van der Waals surface area contributed by atoms with Crippen molar-refractivity contribution < 1.29 is 0 Å². The molecule has 0 aromatic rings. The largest absolute Gasteiger partial charge is 0.314 e. The average Bonchev–Trinajstić information content (AvgIpc) is 2.53. The van der Waals surface area contributed by atoms with E-state index in [4.69, 9.17) is 0 Å². The van der Waals surface area contributed by atoms with E-state index < -0.39 is 0 Å². The molecule has 0 saturated heterocycles. The summed E-state index contributed by atoms with van der Waals surface area (Å²) in [5.41, 5.74) is 0.502. The summed E-state index contributed by atoms with van der Waals surface area (Å²) in [6.45, 7) is 10.8. The van der Waals surface area contributed by atoms with E-state index in [0.717, 1.165) is 17.2 Å². The van der Waals surface area contributed by atoms with E-state index in [0.29, 0.717) is 5.41 Å². The molecule has 18 heavy (non-hydrogen) atoms. The summed E-state index contributed by atoms with van der Waals surface area (Å²) < 4.78 is 0. The Morgan fingerprint density at radius 1 is 1.17 bits per heavy atom. The topological polar surface area (TPSA) is 12.0 Å². The summed E-state index contributed by atoms with van der Waals surface area (Å²) in [4.78, 5) is 0. The molecule has 0 amide bonds. The highest BCUT2D eigenvalue weighted by molar-refractivity contribution is 7.99. The van der Waals surface area contributed by atoms with E-state index in [1.165, 1.54) is 45.1 Å². The molecule has 0 spiro atoms. The van der Waals surface area contributed by atoms with Gasteiger partial charge in [-0.2, -0.15) is 11.8 Å². The number of rotatable bonds is 5. The Balaban J connectivity index is 2.25. The molecule has 1 N–H and O–H groups in total. The summed E-state index contributed by atoms with van der Waals surface area (Å²) >= 11 is 1.98. The van der Waals surface area contributed by atoms with Crippen LogP contribution in [-0.2, 0) is 0 Å². The highest BCUT2D eigenvalue weighted by Crippen LogP contribution is 2.36. The van der Waals surface area contributed by atoms with Gasteiger partial charge in [0.15, 0.2) is 0 Å². The zero-order valence-electron chi connectivity index (χ0n) is 13.1. The molecule has 3 unspecified atom stereocenters. The molecule has 0 bridgehead atoms. The van der Waals surface area contributed by atoms with Gasteiger partial charge in [-0.3, -0.25) is 0 Å². The first-order valence-electron chi connectivity index (χ1n) is 7.69. The summed E-state index contributed by atoms with van der Waals surface area (Å²) in [7, 11) is 0. The molecule has 1 rings (SSSR count). The minimum atomic E-state index is 0.502. The molecule has 0 aliphatic heterocycles. The third-order valence-corrected chi connectivity index (χ3v) is 5.62. The summed E-state index contributed by atoms with van der Waals surface area (Å²) in [5, 5.41) is 4.58. The Morgan fingerprint density at radius 2 is 1.89 bits per heavy atom. The van der Waals surface area contributed by atoms with Crippen molar-refractivity contribution in [2.75, 3.05) is 12.8 Å². The predicted octanol–water partition coefficient (Wildman–Crippen LogP) is 4.71. The summed E-state index contributed by atoms with van der Waals surface area (Å²) in [6, 6.07) is 0.784. The van der Waals surface area contributed by atoms with Gasteiger partial charge in [0.25, 0.3) is 0 Å². The minimum Gasteiger partial charge on any atom is -0.314 e. The lowest BCUT2D eigenvalue weighted by molar-refractivity contribution is 0.213. The molecular formula is C16H33NS. The predicted molar refractivity (Wildman–Crippen MR) is 85.4 cm³/mol. The highest BCUT2D eigenvalue weighted by atomic mass is 32.2. The Morgan fingerprint density at radius 3 is 2.50 bits per heavy atom. The van der Waals surface area contributed by atoms with Crippen molar-refractivity contribution in [3.05, 3.63) is 0 Å². The van der Waals surface area contributed by atoms with Crippen molar-refractivity contribution in [2.45, 2.75) is 77.5 Å². The van der Waals surface area contributed by atoms with E-state index in [9.17, 15) is 0 Å². The Hall–Kier alpha value is 0.310. The molecule has 0 aromatic heterocycles. The second kappa shape index (κ2) is 7.79. The van der Waals surface area contributed by atoms with Crippen molar-refractivity contribution in [1.29, 1.82) is 0 Å². The van der Waals surface area contributed by atoms with Crippen LogP contribution in [0.25, 0.3) is 0 Å². The molecule has 3 atom stereocenters. The van der Waals surface area contributed by atoms with Crippen molar-refractivity contribution in [3.63, 3.8) is 0 Å². The molecule has 108 valence electrons. The monoisotopic (exact) mass is 271 g/mol. The SMILES string of the molecule is CSC(C)CCNC1CCCC(C(C)(C)C)CC1. The average molecular weight is 272 g/mol. The van der Waals surface area contributed by atoms with Crippen LogP contribution in [0.15, 0.2) is 0 Å². The van der Waals surface area contributed by atoms with Gasteiger partial charge in [0.1, 0.15) is 0 Å². The molecule has 1 saturated carbocycles. The second-order valence-corrected chi connectivity index (χ2v) is 8.33. The lowest BCUT2D eigenvalue weighted by atomic mass is 9.76. The van der Waals surface area contributed by atoms with E-state index >= 15 is 0 Å². The van der Waals surface area contributed by atoms with Crippen molar-refractivity contribution in [1.82, 2.24) is 5.32 Å². The van der Waals surface area contributed by atoms with Gasteiger partial charge in [0.2, 0.25) is 0 Å². The van der Waals surface area contributed by atoms with E-state index in [-0.39, 0.29) is 0 Å². The molecule has 0 aromatic carbocycles. The van der Waals surface area contributed by atoms with Crippen LogP contribution in [0.5, 0.6) is 0 Å². The first kappa shape index (κ1) is 16.4. The lowest BCUT2D eigenvalue weighted by Crippen LogP contribution is -2.30. The van der Waals surface area contributed by atoms with E-state index in [1.54, 1.807) is 0 Å². The van der Waals surface area contributed by atoms with Gasteiger partial charge in [0, 0.05) is 11.3 Å². The van der Waals surface area contributed by atoms with E-state index in [1.807, 2.05) is 11.8 Å². The van der Waals surface area contributed by atoms with Crippen LogP contribution in [0, 0.1) is 11.3 Å². The van der Waals surface area contributed by atoms with Crippen LogP contribution in [-0.4, -0.2) is 24.1 Å². The minimum absolute atomic E-state index is 0.502. The summed E-state index contributed by atoms with van der Waals surface area (Å²) in [5.74, 6) is 0.925. The molecule has 1 aliphatic rings. The van der Waals surface area contributed by atoms with Gasteiger partial charge >= 0.3 is 0 Å². The highest BCUT2D eigenvalue weighted by Gasteiger charge is 2.27. The Kier molecular flexibility index (Phi) is 7.08. The van der Waals surface area contributed by atoms with Crippen LogP contribution in [0.1, 0.15) is 66.2 Å². The van der Waals surface area contributed by atoms with E-state index in [2.05, 4.69) is 39.3 Å². The van der Waals surface area contributed by atoms with Gasteiger partial charge in [-0.05, 0) is 56.2 Å². The maximum Gasteiger partial charge on any atom is 0.00671 e. The van der Waals surface area contributed by atoms with Gasteiger partial charge in [-0.1, -0.05) is 34.1 Å². The fourth-order valence-electron chi connectivity index (χ4n) is 2.98. The normalized spacial score (nSPS) is 27.8. The van der Waals surface area contributed by atoms with Gasteiger partial charge in [-0.25, -0.2) is 0 Å². The number of hydrogen-bond donors (Lipinski definition) is 1. The Labute approximate surface area is 119 Å². The third-order valence-electron chi connectivity index (χ3n) is 4.58. The Bertz CT molecular complexity index is 222. The third kappa shape index (κ3) is 5.97. The summed E-state index contributed by atoms with van der Waals surface area (Å²) in [6.07, 6.45) is 10.6. The maximum atomic E-state index is 3.79. The van der Waals surface area contributed by atoms with Crippen LogP contribution in [0.3, 0.4) is 0 Å². The van der Waals surface area contributed by atoms with Gasteiger partial charge in [0.05, 0.1) is 0 Å². The molecule has 0 radical (unpaired) electrons. The molecule has 1 nitrogen and oxygen atoms in total. The van der Waals surface area contributed by atoms with Crippen LogP contribution in [0.2, 0.25) is 0 Å². The standard InChI is InChI=1S/C16H33NS/c1-13(18-5)11-12-17-15-8-6-7-14(9-10-15)16(2,3)4/h13-15,17H,6-12H2,1-5H3. The van der Waals surface area contributed by atoms with Gasteiger partial charge < -0.3 is 5.32 Å². The molecule has 1 aliphatic carbocycles.